The summed E-state index contributed by atoms with van der Waals surface area (Å²) in [7, 11) is 0. The van der Waals surface area contributed by atoms with Crippen LogP contribution >= 0.6 is 0 Å². The van der Waals surface area contributed by atoms with Crippen molar-refractivity contribution in [2.45, 2.75) is 33.1 Å². The fraction of sp³-hybridized carbons (Fsp3) is 0.917. The lowest BCUT2D eigenvalue weighted by Gasteiger charge is -2.29. The minimum atomic E-state index is 0.0925. The van der Waals surface area contributed by atoms with Gasteiger partial charge in [-0.25, -0.2) is 4.79 Å². The molecule has 4 heteroatoms. The Morgan fingerprint density at radius 3 is 2.88 bits per heavy atom. The van der Waals surface area contributed by atoms with Gasteiger partial charge in [-0.3, -0.25) is 0 Å². The monoisotopic (exact) mass is 227 g/mol. The van der Waals surface area contributed by atoms with Gasteiger partial charge < -0.3 is 15.5 Å². The second-order valence-electron chi connectivity index (χ2n) is 4.48. The molecular formula is C12H25N3O. The molecule has 1 atom stereocenters. The molecule has 0 spiro atoms. The normalized spacial score (nSPS) is 20.5. The summed E-state index contributed by atoms with van der Waals surface area (Å²) in [6, 6.07) is 0.0925. The lowest BCUT2D eigenvalue weighted by atomic mass is 9.99. The molecular weight excluding hydrogens is 202 g/mol. The number of urea groups is 1. The number of hydrogen-bond acceptors (Lipinski definition) is 2. The largest absolute Gasteiger partial charge is 0.338 e. The maximum absolute atomic E-state index is 11.8. The van der Waals surface area contributed by atoms with Gasteiger partial charge in [-0.05, 0) is 45.2 Å². The molecule has 0 aromatic rings. The van der Waals surface area contributed by atoms with Crippen LogP contribution in [-0.4, -0.2) is 43.7 Å². The van der Waals surface area contributed by atoms with Gasteiger partial charge in [0.15, 0.2) is 0 Å². The Hall–Kier alpha value is -0.770. The maximum atomic E-state index is 11.8. The van der Waals surface area contributed by atoms with Gasteiger partial charge >= 0.3 is 6.03 Å². The van der Waals surface area contributed by atoms with E-state index in [-0.39, 0.29) is 6.03 Å². The summed E-state index contributed by atoms with van der Waals surface area (Å²) in [4.78, 5) is 13.7. The third-order valence-electron chi connectivity index (χ3n) is 3.07. The number of piperidine rings is 1. The van der Waals surface area contributed by atoms with E-state index in [4.69, 9.17) is 0 Å². The molecule has 94 valence electrons. The molecule has 2 N–H and O–H groups in total. The summed E-state index contributed by atoms with van der Waals surface area (Å²) >= 11 is 0. The van der Waals surface area contributed by atoms with Crippen molar-refractivity contribution in [3.63, 3.8) is 0 Å². The van der Waals surface area contributed by atoms with E-state index in [1.165, 1.54) is 12.8 Å². The first-order chi connectivity index (χ1) is 7.77. The fourth-order valence-electron chi connectivity index (χ4n) is 2.09. The standard InChI is InChI=1S/C12H25N3O/c1-3-7-14-12(16)15(4-2)10-11-6-5-8-13-9-11/h11,13H,3-10H2,1-2H3,(H,14,16). The Bertz CT molecular complexity index is 202. The number of carbonyl (C=O) groups is 1. The summed E-state index contributed by atoms with van der Waals surface area (Å²) in [5, 5.41) is 6.33. The Kier molecular flexibility index (Phi) is 6.23. The van der Waals surface area contributed by atoms with Crippen LogP contribution in [0.4, 0.5) is 4.79 Å². The molecule has 2 amide bonds. The second-order valence-corrected chi connectivity index (χ2v) is 4.48. The molecule has 1 fully saturated rings. The van der Waals surface area contributed by atoms with E-state index in [9.17, 15) is 4.79 Å². The van der Waals surface area contributed by atoms with Crippen LogP contribution in [0, 0.1) is 5.92 Å². The Morgan fingerprint density at radius 2 is 2.31 bits per heavy atom. The third kappa shape index (κ3) is 4.39. The maximum Gasteiger partial charge on any atom is 0.317 e. The number of hydrogen-bond donors (Lipinski definition) is 2. The van der Waals surface area contributed by atoms with Crippen LogP contribution in [0.25, 0.3) is 0 Å². The average molecular weight is 227 g/mol. The SMILES string of the molecule is CCCNC(=O)N(CC)CC1CCCNC1. The van der Waals surface area contributed by atoms with E-state index in [1.54, 1.807) is 0 Å². The molecule has 1 unspecified atom stereocenters. The highest BCUT2D eigenvalue weighted by atomic mass is 16.2. The van der Waals surface area contributed by atoms with Crippen molar-refractivity contribution in [2.75, 3.05) is 32.7 Å². The van der Waals surface area contributed by atoms with Crippen molar-refractivity contribution in [3.05, 3.63) is 0 Å². The number of amides is 2. The summed E-state index contributed by atoms with van der Waals surface area (Å²) in [6.07, 6.45) is 3.47. The summed E-state index contributed by atoms with van der Waals surface area (Å²) < 4.78 is 0. The molecule has 1 aliphatic heterocycles. The molecule has 0 radical (unpaired) electrons. The zero-order valence-corrected chi connectivity index (χ0v) is 10.6. The quantitative estimate of drug-likeness (QED) is 0.746. The van der Waals surface area contributed by atoms with Crippen molar-refractivity contribution in [1.82, 2.24) is 15.5 Å². The molecule has 1 heterocycles. The van der Waals surface area contributed by atoms with E-state index in [2.05, 4.69) is 17.6 Å². The van der Waals surface area contributed by atoms with Gasteiger partial charge in [0.2, 0.25) is 0 Å². The minimum Gasteiger partial charge on any atom is -0.338 e. The first-order valence-corrected chi connectivity index (χ1v) is 6.51. The van der Waals surface area contributed by atoms with Crippen LogP contribution < -0.4 is 10.6 Å². The number of carbonyl (C=O) groups excluding carboxylic acids is 1. The minimum absolute atomic E-state index is 0.0925. The van der Waals surface area contributed by atoms with Gasteiger partial charge in [0, 0.05) is 19.6 Å². The molecule has 0 aromatic heterocycles. The van der Waals surface area contributed by atoms with Gasteiger partial charge in [0.1, 0.15) is 0 Å². The van der Waals surface area contributed by atoms with Crippen molar-refractivity contribution < 1.29 is 4.79 Å². The first-order valence-electron chi connectivity index (χ1n) is 6.51. The topological polar surface area (TPSA) is 44.4 Å². The molecule has 16 heavy (non-hydrogen) atoms. The van der Waals surface area contributed by atoms with Crippen LogP contribution in [0.2, 0.25) is 0 Å². The van der Waals surface area contributed by atoms with Gasteiger partial charge in [-0.15, -0.1) is 0 Å². The molecule has 1 aliphatic rings. The Morgan fingerprint density at radius 1 is 1.50 bits per heavy atom. The molecule has 1 rings (SSSR count). The van der Waals surface area contributed by atoms with Crippen molar-refractivity contribution >= 4 is 6.03 Å². The number of rotatable bonds is 5. The summed E-state index contributed by atoms with van der Waals surface area (Å²) in [6.45, 7) is 8.76. The smallest absolute Gasteiger partial charge is 0.317 e. The molecule has 1 saturated heterocycles. The second kappa shape index (κ2) is 7.49. The molecule has 0 bridgehead atoms. The Balaban J connectivity index is 2.31. The zero-order chi connectivity index (χ0) is 11.8. The van der Waals surface area contributed by atoms with Gasteiger partial charge in [-0.2, -0.15) is 0 Å². The number of nitrogens with zero attached hydrogens (tertiary/aromatic N) is 1. The van der Waals surface area contributed by atoms with Gasteiger partial charge in [0.05, 0.1) is 0 Å². The highest BCUT2D eigenvalue weighted by Gasteiger charge is 2.18. The lowest BCUT2D eigenvalue weighted by molar-refractivity contribution is 0.184. The first kappa shape index (κ1) is 13.3. The predicted octanol–water partition coefficient (Wildman–Crippen LogP) is 1.43. The van der Waals surface area contributed by atoms with Gasteiger partial charge in [-0.1, -0.05) is 6.92 Å². The molecule has 0 aromatic carbocycles. The summed E-state index contributed by atoms with van der Waals surface area (Å²) in [5.41, 5.74) is 0. The fourth-order valence-corrected chi connectivity index (χ4v) is 2.09. The molecule has 0 aliphatic carbocycles. The van der Waals surface area contributed by atoms with E-state index in [0.29, 0.717) is 5.92 Å². The van der Waals surface area contributed by atoms with Crippen LogP contribution in [-0.2, 0) is 0 Å². The van der Waals surface area contributed by atoms with Crippen molar-refractivity contribution in [1.29, 1.82) is 0 Å². The van der Waals surface area contributed by atoms with E-state index >= 15 is 0 Å². The summed E-state index contributed by atoms with van der Waals surface area (Å²) in [5.74, 6) is 0.626. The highest BCUT2D eigenvalue weighted by molar-refractivity contribution is 5.74. The Labute approximate surface area is 98.8 Å². The van der Waals surface area contributed by atoms with Crippen LogP contribution in [0.5, 0.6) is 0 Å². The van der Waals surface area contributed by atoms with Crippen LogP contribution in [0.15, 0.2) is 0 Å². The molecule has 0 saturated carbocycles. The van der Waals surface area contributed by atoms with Crippen LogP contribution in [0.1, 0.15) is 33.1 Å². The van der Waals surface area contributed by atoms with Crippen LogP contribution in [0.3, 0.4) is 0 Å². The van der Waals surface area contributed by atoms with Crippen molar-refractivity contribution in [2.24, 2.45) is 5.92 Å². The highest BCUT2D eigenvalue weighted by Crippen LogP contribution is 2.11. The van der Waals surface area contributed by atoms with Gasteiger partial charge in [0.25, 0.3) is 0 Å². The van der Waals surface area contributed by atoms with Crippen molar-refractivity contribution in [3.8, 4) is 0 Å². The number of nitrogens with one attached hydrogen (secondary N) is 2. The van der Waals surface area contributed by atoms with E-state index < -0.39 is 0 Å². The van der Waals surface area contributed by atoms with E-state index in [0.717, 1.165) is 39.1 Å². The zero-order valence-electron chi connectivity index (χ0n) is 10.6. The average Bonchev–Trinajstić information content (AvgIpc) is 2.34. The lowest BCUT2D eigenvalue weighted by Crippen LogP contribution is -2.45. The van der Waals surface area contributed by atoms with E-state index in [1.807, 2.05) is 11.8 Å². The third-order valence-corrected chi connectivity index (χ3v) is 3.07. The predicted molar refractivity (Wildman–Crippen MR) is 66.5 cm³/mol. The molecule has 4 nitrogen and oxygen atoms in total.